The molecule has 0 spiro atoms. The molecule has 0 aliphatic rings. The standard InChI is InChI=1S/C40H72NO8P/c1-6-8-10-12-14-16-18-19-20-21-23-24-26-28-30-32-39(42)46-36-38(37-48-50(44,45)47-35-34-41(3,4)5)49-40(43)33-31-29-27-25-22-17-15-13-11-9-7-2/h13-16,19-20,23-24,38H,6-12,17-18,21-22,25-37H2,1-5H3/p+1/b15-13+,16-14+,20-19+,24-23+/t38-/m1/s1. The number of likely N-dealkylation sites (N-methyl/N-ethyl adjacent to an activating group) is 1. The molecule has 50 heavy (non-hydrogen) atoms. The number of unbranched alkanes of at least 4 members (excludes halogenated alkanes) is 12. The van der Waals surface area contributed by atoms with Crippen molar-refractivity contribution in [3.05, 3.63) is 48.6 Å². The first-order chi connectivity index (χ1) is 24.0. The third-order valence-electron chi connectivity index (χ3n) is 7.83. The summed E-state index contributed by atoms with van der Waals surface area (Å²) < 4.78 is 34.1. The molecule has 0 aliphatic carbocycles. The summed E-state index contributed by atoms with van der Waals surface area (Å²) in [5.41, 5.74) is 0. The summed E-state index contributed by atoms with van der Waals surface area (Å²) in [7, 11) is 1.44. The van der Waals surface area contributed by atoms with Crippen LogP contribution in [0.4, 0.5) is 0 Å². The highest BCUT2D eigenvalue weighted by Gasteiger charge is 2.27. The van der Waals surface area contributed by atoms with Crippen molar-refractivity contribution in [1.29, 1.82) is 0 Å². The van der Waals surface area contributed by atoms with Crippen LogP contribution in [0.5, 0.6) is 0 Å². The molecule has 10 heteroatoms. The van der Waals surface area contributed by atoms with E-state index >= 15 is 0 Å². The fourth-order valence-electron chi connectivity index (χ4n) is 4.70. The van der Waals surface area contributed by atoms with Gasteiger partial charge >= 0.3 is 19.8 Å². The summed E-state index contributed by atoms with van der Waals surface area (Å²) in [6.45, 7) is 4.27. The molecule has 0 saturated heterocycles. The molecule has 2 atom stereocenters. The Kier molecular flexibility index (Phi) is 31.5. The molecule has 0 aromatic heterocycles. The molecule has 1 unspecified atom stereocenters. The average Bonchev–Trinajstić information content (AvgIpc) is 3.06. The molecule has 290 valence electrons. The van der Waals surface area contributed by atoms with Crippen LogP contribution in [-0.4, -0.2) is 74.9 Å². The van der Waals surface area contributed by atoms with Gasteiger partial charge in [-0.15, -0.1) is 0 Å². The fourth-order valence-corrected chi connectivity index (χ4v) is 5.45. The lowest BCUT2D eigenvalue weighted by atomic mass is 10.1. The summed E-state index contributed by atoms with van der Waals surface area (Å²) in [5.74, 6) is -0.861. The normalized spacial score (nSPS) is 14.3. The quantitative estimate of drug-likeness (QED) is 0.0230. The smallest absolute Gasteiger partial charge is 0.462 e. The van der Waals surface area contributed by atoms with Crippen molar-refractivity contribution in [3.8, 4) is 0 Å². The molecule has 0 aromatic rings. The van der Waals surface area contributed by atoms with E-state index in [0.717, 1.165) is 70.6 Å². The van der Waals surface area contributed by atoms with Crippen molar-refractivity contribution in [2.24, 2.45) is 0 Å². The van der Waals surface area contributed by atoms with E-state index in [0.29, 0.717) is 23.9 Å². The summed E-state index contributed by atoms with van der Waals surface area (Å²) in [6, 6.07) is 0. The maximum atomic E-state index is 12.6. The second-order valence-electron chi connectivity index (χ2n) is 14.0. The van der Waals surface area contributed by atoms with Gasteiger partial charge in [-0.2, -0.15) is 0 Å². The maximum absolute atomic E-state index is 12.6. The summed E-state index contributed by atoms with van der Waals surface area (Å²) in [5, 5.41) is 0. The van der Waals surface area contributed by atoms with E-state index in [9.17, 15) is 19.0 Å². The van der Waals surface area contributed by atoms with E-state index < -0.39 is 32.5 Å². The predicted octanol–water partition coefficient (Wildman–Crippen LogP) is 10.3. The number of ether oxygens (including phenoxy) is 2. The number of quaternary nitrogens is 1. The Morgan fingerprint density at radius 3 is 1.72 bits per heavy atom. The van der Waals surface area contributed by atoms with Gasteiger partial charge in [0.15, 0.2) is 6.10 Å². The van der Waals surface area contributed by atoms with Gasteiger partial charge in [0.2, 0.25) is 0 Å². The van der Waals surface area contributed by atoms with E-state index in [2.05, 4.69) is 62.5 Å². The number of nitrogens with zero attached hydrogens (tertiary/aromatic N) is 1. The number of esters is 2. The number of hydrogen-bond donors (Lipinski definition) is 1. The Labute approximate surface area is 305 Å². The SMILES string of the molecule is CCCC/C=C/CCCCCCCC(=O)O[C@H](COC(=O)CCCC/C=C/C/C=C/C/C=C/CCCCC)COP(=O)(O)OCC[N+](C)(C)C. The van der Waals surface area contributed by atoms with Gasteiger partial charge in [0.1, 0.15) is 19.8 Å². The van der Waals surface area contributed by atoms with Gasteiger partial charge < -0.3 is 18.9 Å². The van der Waals surface area contributed by atoms with Crippen LogP contribution in [0, 0.1) is 0 Å². The summed E-state index contributed by atoms with van der Waals surface area (Å²) in [4.78, 5) is 35.1. The average molecular weight is 727 g/mol. The van der Waals surface area contributed by atoms with Crippen LogP contribution in [0.25, 0.3) is 0 Å². The van der Waals surface area contributed by atoms with Gasteiger partial charge in [-0.3, -0.25) is 18.6 Å². The molecular formula is C40H73NO8P+. The summed E-state index contributed by atoms with van der Waals surface area (Å²) in [6.07, 6.45) is 35.9. The maximum Gasteiger partial charge on any atom is 0.472 e. The molecular weight excluding hydrogens is 653 g/mol. The second-order valence-corrected chi connectivity index (χ2v) is 15.4. The monoisotopic (exact) mass is 727 g/mol. The van der Waals surface area contributed by atoms with Gasteiger partial charge in [-0.05, 0) is 70.6 Å². The molecule has 0 rings (SSSR count). The highest BCUT2D eigenvalue weighted by Crippen LogP contribution is 2.43. The van der Waals surface area contributed by atoms with Crippen LogP contribution in [0.15, 0.2) is 48.6 Å². The largest absolute Gasteiger partial charge is 0.472 e. The molecule has 0 aliphatic heterocycles. The molecule has 0 saturated carbocycles. The van der Waals surface area contributed by atoms with Crippen LogP contribution in [0.2, 0.25) is 0 Å². The number of phosphoric acid groups is 1. The van der Waals surface area contributed by atoms with Crippen LogP contribution in [0.3, 0.4) is 0 Å². The summed E-state index contributed by atoms with van der Waals surface area (Å²) >= 11 is 0. The van der Waals surface area contributed by atoms with Gasteiger partial charge in [0.25, 0.3) is 0 Å². The Hall–Kier alpha value is -2.03. The first-order valence-corrected chi connectivity index (χ1v) is 20.9. The van der Waals surface area contributed by atoms with Crippen molar-refractivity contribution < 1.29 is 42.1 Å². The number of allylic oxidation sites excluding steroid dienone is 8. The fraction of sp³-hybridized carbons (Fsp3) is 0.750. The zero-order valence-corrected chi connectivity index (χ0v) is 33.3. The molecule has 1 N–H and O–H groups in total. The first-order valence-electron chi connectivity index (χ1n) is 19.4. The molecule has 0 amide bonds. The van der Waals surface area contributed by atoms with E-state index in [1.54, 1.807) is 0 Å². The zero-order valence-electron chi connectivity index (χ0n) is 32.4. The molecule has 0 bridgehead atoms. The van der Waals surface area contributed by atoms with E-state index in [-0.39, 0.29) is 26.1 Å². The van der Waals surface area contributed by atoms with Crippen molar-refractivity contribution >= 4 is 19.8 Å². The minimum atomic E-state index is -4.38. The van der Waals surface area contributed by atoms with Crippen molar-refractivity contribution in [2.75, 3.05) is 47.5 Å². The van der Waals surface area contributed by atoms with Crippen LogP contribution in [-0.2, 0) is 32.7 Å². The van der Waals surface area contributed by atoms with Crippen molar-refractivity contribution in [2.45, 2.75) is 148 Å². The molecule has 0 heterocycles. The lowest BCUT2D eigenvalue weighted by Crippen LogP contribution is -2.37. The number of hydrogen-bond acceptors (Lipinski definition) is 7. The van der Waals surface area contributed by atoms with Gasteiger partial charge in [0.05, 0.1) is 27.7 Å². The molecule has 0 fully saturated rings. The van der Waals surface area contributed by atoms with Crippen LogP contribution < -0.4 is 0 Å². The van der Waals surface area contributed by atoms with Gasteiger partial charge in [-0.25, -0.2) is 4.57 Å². The minimum Gasteiger partial charge on any atom is -0.462 e. The van der Waals surface area contributed by atoms with E-state index in [1.165, 1.54) is 32.1 Å². The zero-order chi connectivity index (χ0) is 37.2. The van der Waals surface area contributed by atoms with Gasteiger partial charge in [-0.1, -0.05) is 107 Å². The lowest BCUT2D eigenvalue weighted by Gasteiger charge is -2.24. The topological polar surface area (TPSA) is 108 Å². The molecule has 9 nitrogen and oxygen atoms in total. The van der Waals surface area contributed by atoms with E-state index in [1.807, 2.05) is 21.1 Å². The predicted molar refractivity (Wildman–Crippen MR) is 206 cm³/mol. The molecule has 0 radical (unpaired) electrons. The van der Waals surface area contributed by atoms with E-state index in [4.69, 9.17) is 18.5 Å². The lowest BCUT2D eigenvalue weighted by molar-refractivity contribution is -0.870. The highest BCUT2D eigenvalue weighted by molar-refractivity contribution is 7.47. The first kappa shape index (κ1) is 48.0. The Morgan fingerprint density at radius 2 is 1.10 bits per heavy atom. The van der Waals surface area contributed by atoms with Gasteiger partial charge in [0, 0.05) is 12.8 Å². The molecule has 0 aromatic carbocycles. The number of carbonyl (C=O) groups is 2. The number of carbonyl (C=O) groups excluding carboxylic acids is 2. The number of rotatable bonds is 34. The third kappa shape index (κ3) is 35.8. The van der Waals surface area contributed by atoms with Crippen LogP contribution >= 0.6 is 7.82 Å². The Bertz CT molecular complexity index is 1000. The van der Waals surface area contributed by atoms with Crippen molar-refractivity contribution in [1.82, 2.24) is 0 Å². The third-order valence-corrected chi connectivity index (χ3v) is 8.82. The number of phosphoric ester groups is 1. The van der Waals surface area contributed by atoms with Crippen LogP contribution in [0.1, 0.15) is 142 Å². The second kappa shape index (κ2) is 32.8. The minimum absolute atomic E-state index is 0.0224. The Balaban J connectivity index is 4.52. The Morgan fingerprint density at radius 1 is 0.620 bits per heavy atom. The van der Waals surface area contributed by atoms with Crippen molar-refractivity contribution in [3.63, 3.8) is 0 Å². The highest BCUT2D eigenvalue weighted by atomic mass is 31.2.